The number of para-hydroxylation sites is 2. The lowest BCUT2D eigenvalue weighted by atomic mass is 9.52. The molecule has 40 heavy (non-hydrogen) atoms. The first-order valence-corrected chi connectivity index (χ1v) is 12.8. The molecule has 7 nitrogen and oxygen atoms in total. The van der Waals surface area contributed by atoms with E-state index < -0.39 is 35.6 Å². The molecule has 4 atom stereocenters. The summed E-state index contributed by atoms with van der Waals surface area (Å²) >= 11 is 0. The summed E-state index contributed by atoms with van der Waals surface area (Å²) < 4.78 is 17.0. The molecule has 1 aliphatic rings. The van der Waals surface area contributed by atoms with E-state index in [0.29, 0.717) is 22.6 Å². The topological polar surface area (TPSA) is 106 Å². The maximum Gasteiger partial charge on any atom is 0.315 e. The fourth-order valence-electron chi connectivity index (χ4n) is 5.69. The van der Waals surface area contributed by atoms with E-state index >= 15 is 0 Å². The third-order valence-electron chi connectivity index (χ3n) is 7.52. The van der Waals surface area contributed by atoms with Crippen molar-refractivity contribution in [2.24, 2.45) is 11.8 Å². The third kappa shape index (κ3) is 4.76. The molecule has 1 aliphatic carbocycles. The Hall–Kier alpha value is -5.09. The molecule has 4 aromatic rings. The van der Waals surface area contributed by atoms with Crippen molar-refractivity contribution >= 4 is 11.9 Å². The largest absolute Gasteiger partial charge is 0.496 e. The molecule has 0 spiro atoms. The van der Waals surface area contributed by atoms with Crippen LogP contribution in [0.15, 0.2) is 97.1 Å². The molecular formula is C33H27NO6. The standard InChI is InChI=1S/C33H27NO6/c1-38-25-14-8-6-12-23(25)28-30(32(35)36)29(24-13-7-9-15-26(24)39-2)31(28)33(37)40-27-18-21(16-17-22(27)19-34)20-10-4-3-5-11-20/h3-18,28-31H,1-2H3,(H,35,36)/t28-,29?,30?,31?/m1/s1. The van der Waals surface area contributed by atoms with E-state index in [0.717, 1.165) is 11.1 Å². The van der Waals surface area contributed by atoms with Crippen molar-refractivity contribution in [2.75, 3.05) is 14.2 Å². The van der Waals surface area contributed by atoms with Crippen molar-refractivity contribution in [3.05, 3.63) is 114 Å². The molecule has 1 fully saturated rings. The van der Waals surface area contributed by atoms with Crippen LogP contribution in [0.5, 0.6) is 17.2 Å². The number of rotatable bonds is 8. The van der Waals surface area contributed by atoms with Gasteiger partial charge in [-0.3, -0.25) is 9.59 Å². The summed E-state index contributed by atoms with van der Waals surface area (Å²) in [5, 5.41) is 20.1. The zero-order valence-electron chi connectivity index (χ0n) is 22.0. The molecule has 0 heterocycles. The second-order valence-corrected chi connectivity index (χ2v) is 9.54. The highest BCUT2D eigenvalue weighted by molar-refractivity contribution is 5.87. The van der Waals surface area contributed by atoms with Crippen molar-refractivity contribution < 1.29 is 28.9 Å². The van der Waals surface area contributed by atoms with E-state index in [1.807, 2.05) is 30.3 Å². The number of methoxy groups -OCH3 is 2. The number of esters is 1. The van der Waals surface area contributed by atoms with Crippen LogP contribution in [0.2, 0.25) is 0 Å². The second-order valence-electron chi connectivity index (χ2n) is 9.54. The number of aliphatic carboxylic acids is 1. The van der Waals surface area contributed by atoms with Crippen LogP contribution in [0.4, 0.5) is 0 Å². The summed E-state index contributed by atoms with van der Waals surface area (Å²) in [4.78, 5) is 26.7. The van der Waals surface area contributed by atoms with Gasteiger partial charge in [0.05, 0.1) is 31.6 Å². The van der Waals surface area contributed by atoms with Crippen molar-refractivity contribution in [2.45, 2.75) is 11.8 Å². The normalized spacial score (nSPS) is 19.5. The van der Waals surface area contributed by atoms with E-state index in [9.17, 15) is 20.0 Å². The van der Waals surface area contributed by atoms with Gasteiger partial charge in [-0.1, -0.05) is 72.8 Å². The van der Waals surface area contributed by atoms with Gasteiger partial charge in [-0.25, -0.2) is 0 Å². The Bertz CT molecular complexity index is 1540. The highest BCUT2D eigenvalue weighted by Gasteiger charge is 2.60. The third-order valence-corrected chi connectivity index (χ3v) is 7.52. The summed E-state index contributed by atoms with van der Waals surface area (Å²) in [5.74, 6) is -3.90. The molecule has 200 valence electrons. The average molecular weight is 534 g/mol. The molecule has 4 aromatic carbocycles. The summed E-state index contributed by atoms with van der Waals surface area (Å²) in [6, 6.07) is 30.9. The molecular weight excluding hydrogens is 506 g/mol. The zero-order valence-corrected chi connectivity index (χ0v) is 22.0. The Kier molecular flexibility index (Phi) is 7.52. The summed E-state index contributed by atoms with van der Waals surface area (Å²) in [6.07, 6.45) is 0. The van der Waals surface area contributed by atoms with Gasteiger partial charge in [-0.2, -0.15) is 5.26 Å². The first-order valence-electron chi connectivity index (χ1n) is 12.8. The summed E-state index contributed by atoms with van der Waals surface area (Å²) in [5.41, 5.74) is 3.08. The van der Waals surface area contributed by atoms with Gasteiger partial charge in [0.2, 0.25) is 0 Å². The van der Waals surface area contributed by atoms with Crippen LogP contribution in [-0.4, -0.2) is 31.3 Å². The van der Waals surface area contributed by atoms with Crippen molar-refractivity contribution in [1.82, 2.24) is 0 Å². The Morgan fingerprint density at radius 1 is 0.700 bits per heavy atom. The SMILES string of the molecule is COc1ccccc1C1C(C(=O)O)[C@@H](c2ccccc2OC)C1C(=O)Oc1cc(-c2ccccc2)ccc1C#N. The molecule has 0 bridgehead atoms. The Labute approximate surface area is 232 Å². The Balaban J connectivity index is 1.60. The van der Waals surface area contributed by atoms with Gasteiger partial charge in [0.15, 0.2) is 0 Å². The van der Waals surface area contributed by atoms with Gasteiger partial charge in [0.1, 0.15) is 23.3 Å². The molecule has 3 unspecified atom stereocenters. The van der Waals surface area contributed by atoms with E-state index in [1.54, 1.807) is 66.7 Å². The zero-order chi connectivity index (χ0) is 28.2. The van der Waals surface area contributed by atoms with Gasteiger partial charge >= 0.3 is 11.9 Å². The fourth-order valence-corrected chi connectivity index (χ4v) is 5.69. The molecule has 0 aliphatic heterocycles. The smallest absolute Gasteiger partial charge is 0.315 e. The molecule has 0 saturated heterocycles. The highest BCUT2D eigenvalue weighted by atomic mass is 16.5. The number of benzene rings is 4. The minimum Gasteiger partial charge on any atom is -0.496 e. The first-order chi connectivity index (χ1) is 19.5. The lowest BCUT2D eigenvalue weighted by Crippen LogP contribution is -2.52. The first kappa shape index (κ1) is 26.5. The van der Waals surface area contributed by atoms with Crippen LogP contribution in [-0.2, 0) is 9.59 Å². The lowest BCUT2D eigenvalue weighted by Gasteiger charge is -2.49. The highest BCUT2D eigenvalue weighted by Crippen LogP contribution is 2.60. The molecule has 0 amide bonds. The monoisotopic (exact) mass is 533 g/mol. The van der Waals surface area contributed by atoms with Crippen LogP contribution < -0.4 is 14.2 Å². The summed E-state index contributed by atoms with van der Waals surface area (Å²) in [7, 11) is 3.01. The van der Waals surface area contributed by atoms with E-state index in [4.69, 9.17) is 14.2 Å². The predicted molar refractivity (Wildman–Crippen MR) is 148 cm³/mol. The van der Waals surface area contributed by atoms with Gasteiger partial charge in [-0.05, 0) is 46.5 Å². The number of carbonyl (C=O) groups excluding carboxylic acids is 1. The average Bonchev–Trinajstić information content (AvgIpc) is 2.97. The molecule has 1 N–H and O–H groups in total. The number of hydrogen-bond acceptors (Lipinski definition) is 6. The number of ether oxygens (including phenoxy) is 3. The van der Waals surface area contributed by atoms with Crippen LogP contribution in [0.25, 0.3) is 11.1 Å². The van der Waals surface area contributed by atoms with E-state index in [2.05, 4.69) is 6.07 Å². The van der Waals surface area contributed by atoms with Crippen LogP contribution in [0, 0.1) is 23.2 Å². The van der Waals surface area contributed by atoms with E-state index in [-0.39, 0.29) is 11.3 Å². The van der Waals surface area contributed by atoms with Crippen LogP contribution in [0.1, 0.15) is 28.5 Å². The fraction of sp³-hybridized carbons (Fsp3) is 0.182. The molecule has 0 aromatic heterocycles. The molecule has 7 heteroatoms. The number of hydrogen-bond donors (Lipinski definition) is 1. The van der Waals surface area contributed by atoms with Gasteiger partial charge in [-0.15, -0.1) is 0 Å². The maximum absolute atomic E-state index is 14.0. The van der Waals surface area contributed by atoms with Crippen LogP contribution >= 0.6 is 0 Å². The maximum atomic E-state index is 14.0. The van der Waals surface area contributed by atoms with Gasteiger partial charge in [0, 0.05) is 11.8 Å². The van der Waals surface area contributed by atoms with Crippen molar-refractivity contribution in [3.63, 3.8) is 0 Å². The minimum absolute atomic E-state index is 0.116. The quantitative estimate of drug-likeness (QED) is 0.217. The summed E-state index contributed by atoms with van der Waals surface area (Å²) in [6.45, 7) is 0. The Morgan fingerprint density at radius 3 is 1.77 bits per heavy atom. The molecule has 1 saturated carbocycles. The second kappa shape index (κ2) is 11.3. The number of carboxylic acids is 1. The number of carboxylic acid groups (broad SMARTS) is 1. The number of carbonyl (C=O) groups is 2. The number of nitrogens with zero attached hydrogens (tertiary/aromatic N) is 1. The van der Waals surface area contributed by atoms with Gasteiger partial charge in [0.25, 0.3) is 0 Å². The van der Waals surface area contributed by atoms with Crippen molar-refractivity contribution in [3.8, 4) is 34.4 Å². The minimum atomic E-state index is -1.04. The number of nitriles is 1. The molecule has 0 radical (unpaired) electrons. The van der Waals surface area contributed by atoms with E-state index in [1.165, 1.54) is 14.2 Å². The van der Waals surface area contributed by atoms with Crippen molar-refractivity contribution in [1.29, 1.82) is 5.26 Å². The van der Waals surface area contributed by atoms with Crippen LogP contribution in [0.3, 0.4) is 0 Å². The Morgan fingerprint density at radius 2 is 1.25 bits per heavy atom. The predicted octanol–water partition coefficient (Wildman–Crippen LogP) is 6.05. The molecule has 5 rings (SSSR count). The lowest BCUT2D eigenvalue weighted by molar-refractivity contribution is -0.158. The van der Waals surface area contributed by atoms with Gasteiger partial charge < -0.3 is 19.3 Å².